The lowest BCUT2D eigenvalue weighted by molar-refractivity contribution is 0.150. The zero-order chi connectivity index (χ0) is 24.8. The smallest absolute Gasteiger partial charge is 0.315 e. The van der Waals surface area contributed by atoms with Gasteiger partial charge in [0.05, 0.1) is 0 Å². The van der Waals surface area contributed by atoms with Gasteiger partial charge in [-0.15, -0.1) is 10.7 Å². The average Bonchev–Trinajstić information content (AvgIpc) is 3.72. The van der Waals surface area contributed by atoms with E-state index in [1.807, 2.05) is 25.8 Å². The van der Waals surface area contributed by atoms with Gasteiger partial charge in [-0.05, 0) is 70.0 Å². The number of nitrogens with two attached hydrogens (primary N) is 1. The summed E-state index contributed by atoms with van der Waals surface area (Å²) in [5, 5.41) is 3.18. The number of hydrogen-bond donors (Lipinski definition) is 2. The summed E-state index contributed by atoms with van der Waals surface area (Å²) in [5.74, 6) is 6.33. The summed E-state index contributed by atoms with van der Waals surface area (Å²) in [7, 11) is 2.11. The number of carbonyl (C=O) groups is 1. The standard InChI is InChI=1S/C14H28N4OS.C12H16.C2H6/c1-16-8-3-11-20(2)17-9-6-13(7-10-17)18(14(15)19)12-4-5-12;1-3-7-11(8-4-1)12-9-5-2-6-10-12;1-2/h12-13,16H,2-11H2,1H3,(H2,15,19);1,3-4,7-8,12H,2,5-6,9-10H2;1-2H3. The van der Waals surface area contributed by atoms with E-state index < -0.39 is 0 Å². The highest BCUT2D eigenvalue weighted by atomic mass is 32.2. The molecule has 0 bridgehead atoms. The number of carbonyl (C=O) groups excluding carboxylic acids is 1. The highest BCUT2D eigenvalue weighted by Crippen LogP contribution is 2.34. The highest BCUT2D eigenvalue weighted by Gasteiger charge is 2.37. The van der Waals surface area contributed by atoms with Crippen LogP contribution in [-0.2, 0) is 0 Å². The number of nitrogens with zero attached hydrogens (tertiary/aromatic N) is 2. The zero-order valence-corrected chi connectivity index (χ0v) is 22.8. The molecule has 1 saturated heterocycles. The van der Waals surface area contributed by atoms with Crippen molar-refractivity contribution < 1.29 is 4.79 Å². The van der Waals surface area contributed by atoms with Crippen LogP contribution in [0, 0.1) is 0 Å². The Morgan fingerprint density at radius 3 is 2.15 bits per heavy atom. The molecule has 3 aliphatic rings. The second-order valence-corrected chi connectivity index (χ2v) is 11.4. The van der Waals surface area contributed by atoms with Crippen LogP contribution in [0.2, 0.25) is 0 Å². The number of amides is 2. The van der Waals surface area contributed by atoms with Crippen LogP contribution in [0.4, 0.5) is 4.79 Å². The molecule has 194 valence electrons. The minimum absolute atomic E-state index is 0.117. The molecule has 3 fully saturated rings. The molecule has 34 heavy (non-hydrogen) atoms. The number of benzene rings is 1. The molecule has 1 aromatic carbocycles. The Kier molecular flexibility index (Phi) is 13.9. The number of piperidine rings is 1. The van der Waals surface area contributed by atoms with E-state index in [4.69, 9.17) is 5.73 Å². The second kappa shape index (κ2) is 16.3. The van der Waals surface area contributed by atoms with Gasteiger partial charge in [0.2, 0.25) is 0 Å². The lowest BCUT2D eigenvalue weighted by Gasteiger charge is -2.38. The average molecular weight is 491 g/mol. The molecule has 4 rings (SSSR count). The number of hydrogen-bond acceptors (Lipinski definition) is 3. The van der Waals surface area contributed by atoms with Crippen LogP contribution in [0.1, 0.15) is 89.5 Å². The second-order valence-electron chi connectivity index (χ2n) is 9.51. The largest absolute Gasteiger partial charge is 0.351 e. The molecule has 0 spiro atoms. The molecule has 0 aromatic heterocycles. The molecular formula is C28H50N4OS. The highest BCUT2D eigenvalue weighted by molar-refractivity contribution is 8.12. The van der Waals surface area contributed by atoms with Gasteiger partial charge in [0.1, 0.15) is 0 Å². The summed E-state index contributed by atoms with van der Waals surface area (Å²) in [6, 6.07) is 11.5. The lowest BCUT2D eigenvalue weighted by Crippen LogP contribution is -2.49. The fourth-order valence-corrected chi connectivity index (χ4v) is 6.56. The van der Waals surface area contributed by atoms with Gasteiger partial charge in [0.25, 0.3) is 0 Å². The fourth-order valence-electron chi connectivity index (χ4n) is 5.10. The van der Waals surface area contributed by atoms with Crippen LogP contribution in [0.3, 0.4) is 0 Å². The molecule has 2 saturated carbocycles. The predicted molar refractivity (Wildman–Crippen MR) is 151 cm³/mol. The monoisotopic (exact) mass is 490 g/mol. The first-order chi connectivity index (χ1) is 16.6. The summed E-state index contributed by atoms with van der Waals surface area (Å²) in [5.41, 5.74) is 7.09. The summed E-state index contributed by atoms with van der Waals surface area (Å²) < 4.78 is 2.48. The van der Waals surface area contributed by atoms with E-state index >= 15 is 0 Å². The maximum Gasteiger partial charge on any atom is 0.315 e. The Hall–Kier alpha value is -1.37. The van der Waals surface area contributed by atoms with Gasteiger partial charge in [-0.2, -0.15) is 0 Å². The van der Waals surface area contributed by atoms with Crippen LogP contribution >= 0.6 is 10.7 Å². The van der Waals surface area contributed by atoms with E-state index in [0.29, 0.717) is 12.1 Å². The molecular weight excluding hydrogens is 440 g/mol. The van der Waals surface area contributed by atoms with Crippen LogP contribution in [0.25, 0.3) is 0 Å². The molecule has 2 aliphatic carbocycles. The normalized spacial score (nSPS) is 20.3. The molecule has 1 heterocycles. The first kappa shape index (κ1) is 28.9. The molecule has 3 N–H and O–H groups in total. The van der Waals surface area contributed by atoms with Crippen molar-refractivity contribution in [1.82, 2.24) is 14.5 Å². The third-order valence-corrected chi connectivity index (χ3v) is 8.91. The van der Waals surface area contributed by atoms with E-state index in [9.17, 15) is 4.79 Å². The van der Waals surface area contributed by atoms with Crippen molar-refractivity contribution in [3.8, 4) is 0 Å². The third kappa shape index (κ3) is 9.71. The maximum absolute atomic E-state index is 11.6. The van der Waals surface area contributed by atoms with Gasteiger partial charge in [-0.1, -0.05) is 69.3 Å². The van der Waals surface area contributed by atoms with Crippen LogP contribution in [0.15, 0.2) is 30.3 Å². The lowest BCUT2D eigenvalue weighted by atomic mass is 9.84. The van der Waals surface area contributed by atoms with Gasteiger partial charge in [0.15, 0.2) is 0 Å². The first-order valence-corrected chi connectivity index (χ1v) is 15.1. The summed E-state index contributed by atoms with van der Waals surface area (Å²) in [6.07, 6.45) is 12.7. The van der Waals surface area contributed by atoms with Crippen molar-refractivity contribution in [3.05, 3.63) is 35.9 Å². The molecule has 5 nitrogen and oxygen atoms in total. The van der Waals surface area contributed by atoms with Gasteiger partial charge in [-0.25, -0.2) is 4.79 Å². The topological polar surface area (TPSA) is 61.6 Å². The fraction of sp³-hybridized carbons (Fsp3) is 0.714. The summed E-state index contributed by atoms with van der Waals surface area (Å²) in [4.78, 5) is 13.5. The van der Waals surface area contributed by atoms with E-state index in [2.05, 4.69) is 45.8 Å². The number of primary amides is 1. The van der Waals surface area contributed by atoms with Gasteiger partial charge >= 0.3 is 6.03 Å². The summed E-state index contributed by atoms with van der Waals surface area (Å²) in [6.45, 7) is 7.16. The van der Waals surface area contributed by atoms with Crippen LogP contribution in [0.5, 0.6) is 0 Å². The quantitative estimate of drug-likeness (QED) is 0.348. The van der Waals surface area contributed by atoms with E-state index in [0.717, 1.165) is 57.0 Å². The van der Waals surface area contributed by atoms with Crippen LogP contribution < -0.4 is 11.1 Å². The molecule has 2 amide bonds. The van der Waals surface area contributed by atoms with Crippen molar-refractivity contribution in [2.75, 3.05) is 32.4 Å². The first-order valence-electron chi connectivity index (χ1n) is 13.6. The SMILES string of the molecule is C=S(CCCNC)N1CCC(N(C(N)=O)C2CC2)CC1.CC.c1ccc(C2CCCCC2)cc1. The van der Waals surface area contributed by atoms with E-state index in [-0.39, 0.29) is 16.7 Å². The Bertz CT molecular complexity index is 696. The Morgan fingerprint density at radius 2 is 1.62 bits per heavy atom. The van der Waals surface area contributed by atoms with Gasteiger partial charge in [-0.3, -0.25) is 4.31 Å². The van der Waals surface area contributed by atoms with Crippen molar-refractivity contribution in [3.63, 3.8) is 0 Å². The Balaban J connectivity index is 0.000000248. The Morgan fingerprint density at radius 1 is 1.03 bits per heavy atom. The maximum atomic E-state index is 11.6. The summed E-state index contributed by atoms with van der Waals surface area (Å²) >= 11 is 0. The zero-order valence-electron chi connectivity index (χ0n) is 22.0. The number of rotatable bonds is 8. The number of urea groups is 1. The molecule has 1 aliphatic heterocycles. The molecule has 0 radical (unpaired) electrons. The minimum Gasteiger partial charge on any atom is -0.351 e. The molecule has 1 atom stereocenters. The minimum atomic E-state index is -0.228. The number of nitrogens with one attached hydrogen (secondary N) is 1. The van der Waals surface area contributed by atoms with E-state index in [1.54, 1.807) is 5.56 Å². The van der Waals surface area contributed by atoms with Crippen molar-refractivity contribution in [2.24, 2.45) is 5.73 Å². The predicted octanol–water partition coefficient (Wildman–Crippen LogP) is 5.98. The Labute approximate surface area is 211 Å². The molecule has 1 aromatic rings. The molecule has 1 unspecified atom stereocenters. The van der Waals surface area contributed by atoms with Crippen molar-refractivity contribution in [2.45, 2.75) is 96.1 Å². The molecule has 6 heteroatoms. The van der Waals surface area contributed by atoms with E-state index in [1.165, 1.54) is 38.5 Å². The van der Waals surface area contributed by atoms with Gasteiger partial charge < -0.3 is 16.0 Å². The van der Waals surface area contributed by atoms with Crippen LogP contribution in [-0.4, -0.2) is 65.6 Å². The van der Waals surface area contributed by atoms with Crippen molar-refractivity contribution >= 4 is 22.6 Å². The third-order valence-electron chi connectivity index (χ3n) is 7.06. The van der Waals surface area contributed by atoms with Gasteiger partial charge in [0, 0.05) is 30.9 Å². The van der Waals surface area contributed by atoms with Crippen molar-refractivity contribution in [1.29, 1.82) is 0 Å².